The minimum Gasteiger partial charge on any atom is -0.307 e. The Hall–Kier alpha value is -6.12. The van der Waals surface area contributed by atoms with Crippen LogP contribution in [-0.4, -0.2) is 79.7 Å². The van der Waals surface area contributed by atoms with Crippen LogP contribution in [0.15, 0.2) is 116 Å². The number of aromatic nitrogens is 4. The first-order chi connectivity index (χ1) is 28.0. The molecule has 0 aliphatic carbocycles. The molecule has 12 nitrogen and oxygen atoms in total. The first-order valence-electron chi connectivity index (χ1n) is 19.5. The number of hydrogen-bond acceptors (Lipinski definition) is 8. The van der Waals surface area contributed by atoms with Gasteiger partial charge in [-0.25, -0.2) is 18.4 Å². The number of para-hydroxylation sites is 2. The molecule has 0 atom stereocenters. The lowest BCUT2D eigenvalue weighted by Crippen LogP contribution is -2.42. The zero-order chi connectivity index (χ0) is 40.8. The minimum absolute atomic E-state index is 0.0480. The number of Topliss-reactive ketones (excluding diaryl/α,β-unsaturated/α-hetero) is 2. The van der Waals surface area contributed by atoms with Crippen molar-refractivity contribution in [3.63, 3.8) is 0 Å². The maximum atomic E-state index is 13.0. The summed E-state index contributed by atoms with van der Waals surface area (Å²) in [6.07, 6.45) is 2.83. The monoisotopic (exact) mass is 790 g/mol. The number of fused-ring (bicyclic) bond motifs is 2. The molecule has 0 unspecified atom stereocenters. The molecule has 0 saturated carbocycles. The number of likely N-dealkylation sites (tertiary alicyclic amines) is 2. The average molecular weight is 791 g/mol. The predicted molar refractivity (Wildman–Crippen MR) is 217 cm³/mol. The van der Waals surface area contributed by atoms with Crippen LogP contribution < -0.4 is 22.5 Å². The van der Waals surface area contributed by atoms with E-state index < -0.39 is 11.4 Å². The number of rotatable bonds is 10. The molecular weight excluding hydrogens is 747 g/mol. The van der Waals surface area contributed by atoms with Crippen LogP contribution in [-0.2, 0) is 13.1 Å². The van der Waals surface area contributed by atoms with Crippen LogP contribution in [0.5, 0.6) is 0 Å². The lowest BCUT2D eigenvalue weighted by Gasteiger charge is -2.31. The summed E-state index contributed by atoms with van der Waals surface area (Å²) in [4.78, 5) is 84.7. The van der Waals surface area contributed by atoms with E-state index >= 15 is 0 Å². The van der Waals surface area contributed by atoms with Gasteiger partial charge in [0.15, 0.2) is 11.6 Å². The third-order valence-electron chi connectivity index (χ3n) is 11.2. The van der Waals surface area contributed by atoms with E-state index in [2.05, 4.69) is 19.8 Å². The summed E-state index contributed by atoms with van der Waals surface area (Å²) >= 11 is 0. The maximum absolute atomic E-state index is 13.0. The van der Waals surface area contributed by atoms with Crippen molar-refractivity contribution in [2.45, 2.75) is 38.8 Å². The van der Waals surface area contributed by atoms with Crippen molar-refractivity contribution in [3.8, 4) is 0 Å². The number of carbonyl (C=O) groups excluding carboxylic acids is 2. The number of ketones is 2. The van der Waals surface area contributed by atoms with Crippen LogP contribution in [0.3, 0.4) is 0 Å². The fraction of sp³-hybridized carbons (Fsp3) is 0.318. The van der Waals surface area contributed by atoms with Gasteiger partial charge in [0.1, 0.15) is 11.6 Å². The molecule has 0 amide bonds. The molecule has 8 rings (SSSR count). The van der Waals surface area contributed by atoms with Gasteiger partial charge in [0.05, 0.1) is 21.8 Å². The lowest BCUT2D eigenvalue weighted by atomic mass is 9.89. The van der Waals surface area contributed by atoms with Gasteiger partial charge in [0.25, 0.3) is 11.1 Å². The van der Waals surface area contributed by atoms with E-state index in [9.17, 15) is 37.5 Å². The molecule has 2 N–H and O–H groups in total. The summed E-state index contributed by atoms with van der Waals surface area (Å²) in [7, 11) is 0. The minimum atomic E-state index is -0.407. The Morgan fingerprint density at radius 1 is 0.500 bits per heavy atom. The summed E-state index contributed by atoms with van der Waals surface area (Å²) in [5.74, 6) is -0.767. The number of halogens is 2. The van der Waals surface area contributed by atoms with Gasteiger partial charge >= 0.3 is 11.4 Å². The summed E-state index contributed by atoms with van der Waals surface area (Å²) in [6, 6.07) is 25.3. The first-order valence-corrected chi connectivity index (χ1v) is 19.5. The zero-order valence-corrected chi connectivity index (χ0v) is 31.9. The van der Waals surface area contributed by atoms with Crippen molar-refractivity contribution in [2.75, 3.05) is 39.3 Å². The van der Waals surface area contributed by atoms with Crippen LogP contribution in [0.2, 0.25) is 0 Å². The van der Waals surface area contributed by atoms with E-state index in [4.69, 9.17) is 0 Å². The molecule has 4 aromatic carbocycles. The van der Waals surface area contributed by atoms with Crippen molar-refractivity contribution >= 4 is 33.4 Å². The van der Waals surface area contributed by atoms with Crippen LogP contribution >= 0.6 is 0 Å². The summed E-state index contributed by atoms with van der Waals surface area (Å²) in [6.45, 7) is 4.62. The quantitative estimate of drug-likeness (QED) is 0.187. The van der Waals surface area contributed by atoms with Crippen molar-refractivity contribution in [1.29, 1.82) is 0 Å². The molecule has 2 fully saturated rings. The molecule has 14 heteroatoms. The Labute approximate surface area is 331 Å². The van der Waals surface area contributed by atoms with Crippen molar-refractivity contribution in [2.24, 2.45) is 11.8 Å². The zero-order valence-electron chi connectivity index (χ0n) is 31.9. The molecule has 2 aromatic heterocycles. The summed E-state index contributed by atoms with van der Waals surface area (Å²) in [5.41, 5.74) is 0.775. The molecule has 2 aliphatic rings. The van der Waals surface area contributed by atoms with Gasteiger partial charge in [0.2, 0.25) is 0 Å². The number of H-pyrrole nitrogens is 2. The van der Waals surface area contributed by atoms with Crippen LogP contribution in [0.4, 0.5) is 8.78 Å². The number of aromatic amines is 2. The molecule has 0 spiro atoms. The molecule has 0 radical (unpaired) electrons. The Morgan fingerprint density at radius 2 is 0.845 bits per heavy atom. The second-order valence-corrected chi connectivity index (χ2v) is 14.8. The van der Waals surface area contributed by atoms with Crippen LogP contribution in [0.1, 0.15) is 46.4 Å². The number of benzene rings is 4. The Bertz CT molecular complexity index is 2470. The van der Waals surface area contributed by atoms with Crippen molar-refractivity contribution < 1.29 is 18.4 Å². The van der Waals surface area contributed by atoms with E-state index in [0.717, 1.165) is 26.2 Å². The van der Waals surface area contributed by atoms with Crippen molar-refractivity contribution in [1.82, 2.24) is 28.9 Å². The predicted octanol–water partition coefficient (Wildman–Crippen LogP) is 4.85. The van der Waals surface area contributed by atoms with Gasteiger partial charge in [-0.05, 0) is 125 Å². The molecule has 2 saturated heterocycles. The third-order valence-corrected chi connectivity index (χ3v) is 11.2. The summed E-state index contributed by atoms with van der Waals surface area (Å²) in [5, 5.41) is 0.992. The SMILES string of the molecule is O=C(c1ccc(F)cc1)C1CCN(CCn2c(=O)[nH]c3ccccc3c2=O)CC1.O=C(c1ccc(F)cc1)C1CCN(CCn2c(=O)[nH]c3ccccc3c2=O)CC1. The molecular formula is C44H44F2N6O6. The van der Waals surface area contributed by atoms with Gasteiger partial charge < -0.3 is 19.8 Å². The molecule has 300 valence electrons. The van der Waals surface area contributed by atoms with E-state index in [1.54, 1.807) is 48.5 Å². The van der Waals surface area contributed by atoms with E-state index in [1.807, 2.05) is 0 Å². The highest BCUT2D eigenvalue weighted by atomic mass is 19.1. The highest BCUT2D eigenvalue weighted by molar-refractivity contribution is 5.98. The molecule has 58 heavy (non-hydrogen) atoms. The first kappa shape index (κ1) is 40.1. The number of piperidine rings is 2. The maximum Gasteiger partial charge on any atom is 0.328 e. The van der Waals surface area contributed by atoms with E-state index in [1.165, 1.54) is 57.7 Å². The normalized spacial score (nSPS) is 15.6. The highest BCUT2D eigenvalue weighted by Crippen LogP contribution is 2.23. The number of carbonyl (C=O) groups is 2. The van der Waals surface area contributed by atoms with E-state index in [-0.39, 0.29) is 46.2 Å². The molecule has 4 heterocycles. The Balaban J connectivity index is 0.000000177. The van der Waals surface area contributed by atoms with Gasteiger partial charge in [-0.3, -0.25) is 28.3 Å². The number of hydrogen-bond donors (Lipinski definition) is 2. The number of nitrogens with zero attached hydrogens (tertiary/aromatic N) is 4. The second-order valence-electron chi connectivity index (χ2n) is 14.8. The standard InChI is InChI=1S/2C22H22FN3O3/c2*23-17-7-5-15(6-8-17)20(27)16-9-11-25(12-10-16)13-14-26-21(28)18-3-1-2-4-19(18)24-22(26)29/h2*1-8,16H,9-14H2,(H,24,29). The van der Waals surface area contributed by atoms with Gasteiger partial charge in [-0.1, -0.05) is 24.3 Å². The van der Waals surface area contributed by atoms with Gasteiger partial charge in [-0.2, -0.15) is 0 Å². The molecule has 2 aliphatic heterocycles. The third kappa shape index (κ3) is 9.19. The van der Waals surface area contributed by atoms with Gasteiger partial charge in [0, 0.05) is 49.1 Å². The Kier molecular flexibility index (Phi) is 12.4. The van der Waals surface area contributed by atoms with Crippen molar-refractivity contribution in [3.05, 3.63) is 161 Å². The smallest absolute Gasteiger partial charge is 0.307 e. The fourth-order valence-electron chi connectivity index (χ4n) is 7.82. The lowest BCUT2D eigenvalue weighted by molar-refractivity contribution is 0.0830. The fourth-order valence-corrected chi connectivity index (χ4v) is 7.82. The van der Waals surface area contributed by atoms with Crippen LogP contribution in [0, 0.1) is 23.5 Å². The largest absolute Gasteiger partial charge is 0.328 e. The Morgan fingerprint density at radius 3 is 1.21 bits per heavy atom. The van der Waals surface area contributed by atoms with Gasteiger partial charge in [-0.15, -0.1) is 0 Å². The van der Waals surface area contributed by atoms with E-state index in [0.29, 0.717) is 84.8 Å². The van der Waals surface area contributed by atoms with Crippen LogP contribution in [0.25, 0.3) is 21.8 Å². The average Bonchev–Trinajstić information content (AvgIpc) is 3.24. The molecule has 6 aromatic rings. The second kappa shape index (κ2) is 18.0. The topological polar surface area (TPSA) is 150 Å². The number of nitrogens with one attached hydrogen (secondary N) is 2. The molecule has 0 bridgehead atoms. The highest BCUT2D eigenvalue weighted by Gasteiger charge is 2.27. The summed E-state index contributed by atoms with van der Waals surface area (Å²) < 4.78 is 28.6.